The van der Waals surface area contributed by atoms with Crippen molar-refractivity contribution in [3.8, 4) is 16.9 Å². The quantitative estimate of drug-likeness (QED) is 0.322. The second-order valence-corrected chi connectivity index (χ2v) is 6.43. The Morgan fingerprint density at radius 2 is 1.67 bits per heavy atom. The first-order chi connectivity index (χ1) is 14.6. The van der Waals surface area contributed by atoms with E-state index >= 15 is 0 Å². The van der Waals surface area contributed by atoms with E-state index in [2.05, 4.69) is 16.2 Å². The maximum Gasteiger partial charge on any atom is 0.276 e. The molecule has 0 unspecified atom stereocenters. The van der Waals surface area contributed by atoms with E-state index in [9.17, 15) is 9.59 Å². The lowest BCUT2D eigenvalue weighted by molar-refractivity contribution is -0.123. The van der Waals surface area contributed by atoms with Gasteiger partial charge in [-0.05, 0) is 53.7 Å². The number of hydrogen-bond donors (Lipinski definition) is 3. The van der Waals surface area contributed by atoms with Crippen molar-refractivity contribution < 1.29 is 18.7 Å². The number of benzene rings is 2. The predicted molar refractivity (Wildman–Crippen MR) is 117 cm³/mol. The molecule has 0 radical (unpaired) electrons. The number of rotatable bonds is 6. The van der Waals surface area contributed by atoms with Crippen molar-refractivity contribution in [2.75, 3.05) is 6.61 Å². The van der Waals surface area contributed by atoms with Crippen LogP contribution in [0.5, 0.6) is 5.75 Å². The smallest absolute Gasteiger partial charge is 0.276 e. The van der Waals surface area contributed by atoms with Crippen molar-refractivity contribution in [2.45, 2.75) is 0 Å². The van der Waals surface area contributed by atoms with Crippen LogP contribution in [0.2, 0.25) is 0 Å². The third-order valence-corrected chi connectivity index (χ3v) is 4.03. The Labute approximate surface area is 178 Å². The molecule has 3 rings (SSSR count). The van der Waals surface area contributed by atoms with Crippen molar-refractivity contribution in [3.05, 3.63) is 84.8 Å². The molecule has 7 nitrogen and oxygen atoms in total. The molecular weight excluding hydrogens is 402 g/mol. The summed E-state index contributed by atoms with van der Waals surface area (Å²) in [4.78, 5) is 23.6. The number of thiocarbonyl (C=S) groups is 1. The Morgan fingerprint density at radius 3 is 2.37 bits per heavy atom. The number of amides is 2. The molecule has 0 aliphatic heterocycles. The number of carbonyl (C=O) groups excluding carboxylic acids is 2. The normalized spacial score (nSPS) is 10.4. The maximum absolute atomic E-state index is 11.9. The molecule has 0 aliphatic carbocycles. The summed E-state index contributed by atoms with van der Waals surface area (Å²) in [6, 6.07) is 20.8. The second-order valence-electron chi connectivity index (χ2n) is 6.02. The molecule has 3 aromatic rings. The monoisotopic (exact) mass is 421 g/mol. The van der Waals surface area contributed by atoms with Crippen molar-refractivity contribution in [1.82, 2.24) is 16.2 Å². The van der Waals surface area contributed by atoms with Crippen molar-refractivity contribution in [1.29, 1.82) is 0 Å². The van der Waals surface area contributed by atoms with Gasteiger partial charge in [-0.3, -0.25) is 25.8 Å². The van der Waals surface area contributed by atoms with Crippen LogP contribution in [0.1, 0.15) is 5.76 Å². The third-order valence-electron chi connectivity index (χ3n) is 3.83. The summed E-state index contributed by atoms with van der Waals surface area (Å²) in [6.45, 7) is -0.216. The van der Waals surface area contributed by atoms with Crippen LogP contribution in [0.4, 0.5) is 0 Å². The highest BCUT2D eigenvalue weighted by atomic mass is 32.1. The molecule has 0 fully saturated rings. The van der Waals surface area contributed by atoms with Gasteiger partial charge >= 0.3 is 0 Å². The topological polar surface area (TPSA) is 92.6 Å². The highest BCUT2D eigenvalue weighted by Gasteiger charge is 2.06. The molecule has 2 amide bonds. The lowest BCUT2D eigenvalue weighted by Gasteiger charge is -2.11. The third kappa shape index (κ3) is 6.61. The molecular formula is C22H19N3O4S. The maximum atomic E-state index is 11.9. The average molecular weight is 421 g/mol. The first-order valence-electron chi connectivity index (χ1n) is 9.00. The molecule has 0 saturated carbocycles. The molecule has 0 aliphatic rings. The summed E-state index contributed by atoms with van der Waals surface area (Å²) in [5, 5.41) is 2.34. The summed E-state index contributed by atoms with van der Waals surface area (Å²) in [5.74, 6) is 0.174. The zero-order chi connectivity index (χ0) is 21.2. The van der Waals surface area contributed by atoms with Gasteiger partial charge in [-0.25, -0.2) is 0 Å². The number of hydrazine groups is 1. The fourth-order valence-electron chi connectivity index (χ4n) is 2.41. The van der Waals surface area contributed by atoms with E-state index in [0.29, 0.717) is 11.5 Å². The molecule has 8 heteroatoms. The summed E-state index contributed by atoms with van der Waals surface area (Å²) < 4.78 is 10.5. The van der Waals surface area contributed by atoms with Crippen LogP contribution < -0.4 is 20.9 Å². The standard InChI is InChI=1S/C22H19N3O4S/c26-20(13-12-18-7-4-14-28-18)23-22(30)25-24-21(27)15-29-19-10-8-17(9-11-19)16-5-2-1-3-6-16/h1-14H,15H2,(H,24,27)(H2,23,25,26,30)/b13-12+. The first-order valence-corrected chi connectivity index (χ1v) is 9.40. The van der Waals surface area contributed by atoms with E-state index in [1.165, 1.54) is 18.4 Å². The van der Waals surface area contributed by atoms with Gasteiger partial charge < -0.3 is 9.15 Å². The van der Waals surface area contributed by atoms with Gasteiger partial charge in [-0.15, -0.1) is 0 Å². The zero-order valence-corrected chi connectivity index (χ0v) is 16.6. The molecule has 3 N–H and O–H groups in total. The lowest BCUT2D eigenvalue weighted by Crippen LogP contribution is -2.49. The Kier molecular flexibility index (Phi) is 7.34. The fourth-order valence-corrected chi connectivity index (χ4v) is 2.57. The second kappa shape index (κ2) is 10.6. The van der Waals surface area contributed by atoms with E-state index in [4.69, 9.17) is 21.4 Å². The number of carbonyl (C=O) groups is 2. The minimum atomic E-state index is -0.465. The van der Waals surface area contributed by atoms with Crippen molar-refractivity contribution in [2.24, 2.45) is 0 Å². The van der Waals surface area contributed by atoms with Gasteiger partial charge in [-0.2, -0.15) is 0 Å². The van der Waals surface area contributed by atoms with Crippen molar-refractivity contribution in [3.63, 3.8) is 0 Å². The zero-order valence-electron chi connectivity index (χ0n) is 15.8. The van der Waals surface area contributed by atoms with Crippen molar-refractivity contribution >= 4 is 35.2 Å². The fraction of sp³-hybridized carbons (Fsp3) is 0.0455. The first kappa shape index (κ1) is 20.8. The van der Waals surface area contributed by atoms with E-state index < -0.39 is 11.8 Å². The Morgan fingerprint density at radius 1 is 0.933 bits per heavy atom. The van der Waals surface area contributed by atoms with Gasteiger partial charge in [-0.1, -0.05) is 42.5 Å². The number of furan rings is 1. The minimum Gasteiger partial charge on any atom is -0.484 e. The molecule has 0 spiro atoms. The van der Waals surface area contributed by atoms with E-state index in [-0.39, 0.29) is 11.7 Å². The minimum absolute atomic E-state index is 0.0512. The van der Waals surface area contributed by atoms with Crippen LogP contribution in [0, 0.1) is 0 Å². The van der Waals surface area contributed by atoms with Crippen LogP contribution in [0.3, 0.4) is 0 Å². The van der Waals surface area contributed by atoms with Crippen LogP contribution in [-0.2, 0) is 9.59 Å². The molecule has 1 aromatic heterocycles. The predicted octanol–water partition coefficient (Wildman–Crippen LogP) is 3.06. The van der Waals surface area contributed by atoms with E-state index in [1.807, 2.05) is 42.5 Å². The number of ether oxygens (including phenoxy) is 1. The molecule has 0 saturated heterocycles. The van der Waals surface area contributed by atoms with Crippen LogP contribution in [-0.4, -0.2) is 23.5 Å². The largest absolute Gasteiger partial charge is 0.484 e. The summed E-state index contributed by atoms with van der Waals surface area (Å²) in [7, 11) is 0. The van der Waals surface area contributed by atoms with Crippen LogP contribution in [0.25, 0.3) is 17.2 Å². The molecule has 152 valence electrons. The Hall–Kier alpha value is -3.91. The van der Waals surface area contributed by atoms with Gasteiger partial charge in [0.05, 0.1) is 6.26 Å². The molecule has 30 heavy (non-hydrogen) atoms. The van der Waals surface area contributed by atoms with E-state index in [1.54, 1.807) is 24.3 Å². The van der Waals surface area contributed by atoms with Crippen LogP contribution >= 0.6 is 12.2 Å². The highest BCUT2D eigenvalue weighted by molar-refractivity contribution is 7.80. The van der Waals surface area contributed by atoms with Crippen LogP contribution in [0.15, 0.2) is 83.5 Å². The SMILES string of the molecule is O=C(/C=C/c1ccco1)NC(=S)NNC(=O)COc1ccc(-c2ccccc2)cc1. The van der Waals surface area contributed by atoms with Gasteiger partial charge in [0, 0.05) is 6.08 Å². The lowest BCUT2D eigenvalue weighted by atomic mass is 10.1. The molecule has 1 heterocycles. The van der Waals surface area contributed by atoms with Gasteiger partial charge in [0.25, 0.3) is 5.91 Å². The summed E-state index contributed by atoms with van der Waals surface area (Å²) in [6.07, 6.45) is 4.25. The average Bonchev–Trinajstić information content (AvgIpc) is 3.29. The summed E-state index contributed by atoms with van der Waals surface area (Å²) >= 11 is 4.95. The van der Waals surface area contributed by atoms with Gasteiger partial charge in [0.2, 0.25) is 5.91 Å². The molecule has 2 aromatic carbocycles. The highest BCUT2D eigenvalue weighted by Crippen LogP contribution is 2.21. The van der Waals surface area contributed by atoms with Gasteiger partial charge in [0.15, 0.2) is 11.7 Å². The Bertz CT molecular complexity index is 1020. The molecule has 0 atom stereocenters. The number of nitrogens with one attached hydrogen (secondary N) is 3. The van der Waals surface area contributed by atoms with E-state index in [0.717, 1.165) is 11.1 Å². The Balaban J connectivity index is 1.37. The number of hydrogen-bond acceptors (Lipinski definition) is 5. The molecule has 0 bridgehead atoms. The summed E-state index contributed by atoms with van der Waals surface area (Å²) in [5.41, 5.74) is 6.94. The van der Waals surface area contributed by atoms with Gasteiger partial charge in [0.1, 0.15) is 11.5 Å².